The summed E-state index contributed by atoms with van der Waals surface area (Å²) in [6.45, 7) is 2.14. The molecule has 0 unspecified atom stereocenters. The zero-order chi connectivity index (χ0) is 17.4. The third-order valence-corrected chi connectivity index (χ3v) is 6.43. The van der Waals surface area contributed by atoms with Crippen molar-refractivity contribution in [3.63, 3.8) is 0 Å². The van der Waals surface area contributed by atoms with Gasteiger partial charge in [-0.25, -0.2) is 0 Å². The topological polar surface area (TPSA) is 55.4 Å². The Morgan fingerprint density at radius 2 is 1.64 bits per heavy atom. The normalized spacial score (nSPS) is 33.7. The van der Waals surface area contributed by atoms with Gasteiger partial charge in [0.05, 0.1) is 5.41 Å². The third-order valence-electron chi connectivity index (χ3n) is 6.43. The van der Waals surface area contributed by atoms with E-state index >= 15 is 0 Å². The Morgan fingerprint density at radius 1 is 1.08 bits per heavy atom. The molecule has 0 heterocycles. The monoisotopic (exact) mass is 341 g/mol. The van der Waals surface area contributed by atoms with Gasteiger partial charge in [-0.15, -0.1) is 0 Å². The summed E-state index contributed by atoms with van der Waals surface area (Å²) in [5, 5.41) is 2.86. The number of benzene rings is 1. The largest absolute Gasteiger partial charge is 0.452 e. The van der Waals surface area contributed by atoms with E-state index in [0.29, 0.717) is 24.3 Å². The predicted molar refractivity (Wildman–Crippen MR) is 94.4 cm³/mol. The van der Waals surface area contributed by atoms with Crippen LogP contribution in [0.25, 0.3) is 0 Å². The standard InChI is InChI=1S/C21H27NO3/c1-14(19(23)22-13-15-5-3-2-4-6-15)25-20(24)21-10-16-7-17(11-21)9-18(8-16)12-21/h2-6,14,16-18H,7-13H2,1H3,(H,22,23)/t14-,16?,17?,18?,21?/m1/s1. The Morgan fingerprint density at radius 3 is 2.20 bits per heavy atom. The van der Waals surface area contributed by atoms with Gasteiger partial charge in [0, 0.05) is 6.54 Å². The Balaban J connectivity index is 1.33. The number of esters is 1. The number of hydrogen-bond acceptors (Lipinski definition) is 3. The maximum atomic E-state index is 12.9. The Hall–Kier alpha value is -1.84. The average molecular weight is 341 g/mol. The zero-order valence-corrected chi connectivity index (χ0v) is 14.9. The van der Waals surface area contributed by atoms with Gasteiger partial charge in [0.1, 0.15) is 0 Å². The lowest BCUT2D eigenvalue weighted by Crippen LogP contribution is -2.51. The number of carbonyl (C=O) groups is 2. The molecule has 4 fully saturated rings. The van der Waals surface area contributed by atoms with Gasteiger partial charge in [-0.3, -0.25) is 9.59 Å². The van der Waals surface area contributed by atoms with E-state index in [4.69, 9.17) is 4.74 Å². The van der Waals surface area contributed by atoms with Gasteiger partial charge < -0.3 is 10.1 Å². The summed E-state index contributed by atoms with van der Waals surface area (Å²) in [4.78, 5) is 25.2. The lowest BCUT2D eigenvalue weighted by Gasteiger charge is -2.55. The highest BCUT2D eigenvalue weighted by atomic mass is 16.5. The van der Waals surface area contributed by atoms with Crippen molar-refractivity contribution in [2.45, 2.75) is 58.1 Å². The van der Waals surface area contributed by atoms with Crippen molar-refractivity contribution in [1.29, 1.82) is 0 Å². The molecule has 4 heteroatoms. The first-order chi connectivity index (χ1) is 12.0. The van der Waals surface area contributed by atoms with E-state index in [9.17, 15) is 9.59 Å². The Bertz CT molecular complexity index is 619. The van der Waals surface area contributed by atoms with E-state index in [2.05, 4.69) is 5.32 Å². The van der Waals surface area contributed by atoms with Crippen molar-refractivity contribution >= 4 is 11.9 Å². The summed E-state index contributed by atoms with van der Waals surface area (Å²) < 4.78 is 5.63. The highest BCUT2D eigenvalue weighted by molar-refractivity contribution is 5.85. The zero-order valence-electron chi connectivity index (χ0n) is 14.9. The van der Waals surface area contributed by atoms with E-state index in [1.54, 1.807) is 6.92 Å². The van der Waals surface area contributed by atoms with Gasteiger partial charge in [-0.1, -0.05) is 30.3 Å². The fraction of sp³-hybridized carbons (Fsp3) is 0.619. The van der Waals surface area contributed by atoms with Crippen LogP contribution in [-0.4, -0.2) is 18.0 Å². The maximum absolute atomic E-state index is 12.9. The molecule has 4 bridgehead atoms. The average Bonchev–Trinajstić information content (AvgIpc) is 2.59. The summed E-state index contributed by atoms with van der Waals surface area (Å²) in [5.74, 6) is 1.74. The molecule has 1 N–H and O–H groups in total. The van der Waals surface area contributed by atoms with E-state index < -0.39 is 6.10 Å². The minimum Gasteiger partial charge on any atom is -0.452 e. The molecule has 1 atom stereocenters. The first-order valence-electron chi connectivity index (χ1n) is 9.57. The SMILES string of the molecule is C[C@@H](OC(=O)C12CC3CC(CC(C3)C1)C2)C(=O)NCc1ccccc1. The van der Waals surface area contributed by atoms with Crippen molar-refractivity contribution in [3.8, 4) is 0 Å². The highest BCUT2D eigenvalue weighted by Gasteiger charge is 2.55. The van der Waals surface area contributed by atoms with E-state index in [0.717, 1.165) is 24.8 Å². The lowest BCUT2D eigenvalue weighted by molar-refractivity contribution is -0.178. The molecule has 1 aromatic rings. The van der Waals surface area contributed by atoms with Crippen molar-refractivity contribution in [1.82, 2.24) is 5.32 Å². The van der Waals surface area contributed by atoms with Crippen LogP contribution in [0.2, 0.25) is 0 Å². The molecule has 134 valence electrons. The van der Waals surface area contributed by atoms with E-state index in [1.165, 1.54) is 19.3 Å². The van der Waals surface area contributed by atoms with Gasteiger partial charge in [0.15, 0.2) is 6.10 Å². The first kappa shape index (κ1) is 16.6. The smallest absolute Gasteiger partial charge is 0.312 e. The molecule has 4 saturated carbocycles. The van der Waals surface area contributed by atoms with E-state index in [1.807, 2.05) is 30.3 Å². The molecule has 4 nitrogen and oxygen atoms in total. The molecule has 0 aliphatic heterocycles. The molecule has 0 radical (unpaired) electrons. The van der Waals surface area contributed by atoms with Crippen LogP contribution in [0.4, 0.5) is 0 Å². The van der Waals surface area contributed by atoms with E-state index in [-0.39, 0.29) is 17.3 Å². The van der Waals surface area contributed by atoms with Crippen LogP contribution in [0.5, 0.6) is 0 Å². The van der Waals surface area contributed by atoms with Crippen LogP contribution in [0.1, 0.15) is 51.0 Å². The van der Waals surface area contributed by atoms with Crippen LogP contribution in [0.3, 0.4) is 0 Å². The number of ether oxygens (including phenoxy) is 1. The molecule has 0 aromatic heterocycles. The van der Waals surface area contributed by atoms with Crippen LogP contribution in [0, 0.1) is 23.2 Å². The van der Waals surface area contributed by atoms with Crippen LogP contribution < -0.4 is 5.32 Å². The van der Waals surface area contributed by atoms with Crippen molar-refractivity contribution < 1.29 is 14.3 Å². The number of rotatable bonds is 5. The number of carbonyl (C=O) groups excluding carboxylic acids is 2. The first-order valence-corrected chi connectivity index (χ1v) is 9.57. The van der Waals surface area contributed by atoms with Gasteiger partial charge in [-0.2, -0.15) is 0 Å². The second-order valence-electron chi connectivity index (χ2n) is 8.45. The van der Waals surface area contributed by atoms with Gasteiger partial charge in [0.2, 0.25) is 0 Å². The summed E-state index contributed by atoms with van der Waals surface area (Å²) in [7, 11) is 0. The minimum absolute atomic E-state index is 0.131. The van der Waals surface area contributed by atoms with Crippen molar-refractivity contribution in [3.05, 3.63) is 35.9 Å². The highest BCUT2D eigenvalue weighted by Crippen LogP contribution is 2.60. The molecule has 4 aliphatic rings. The van der Waals surface area contributed by atoms with Gasteiger partial charge in [0.25, 0.3) is 5.91 Å². The second-order valence-corrected chi connectivity index (χ2v) is 8.45. The van der Waals surface area contributed by atoms with Gasteiger partial charge in [-0.05, 0) is 68.8 Å². The summed E-state index contributed by atoms with van der Waals surface area (Å²) in [6, 6.07) is 9.76. The fourth-order valence-corrected chi connectivity index (χ4v) is 5.63. The lowest BCUT2D eigenvalue weighted by atomic mass is 9.49. The molecule has 1 aromatic carbocycles. The quantitative estimate of drug-likeness (QED) is 0.835. The number of amides is 1. The Kier molecular flexibility index (Phi) is 4.30. The predicted octanol–water partition coefficient (Wildman–Crippen LogP) is 3.45. The van der Waals surface area contributed by atoms with Gasteiger partial charge >= 0.3 is 5.97 Å². The minimum atomic E-state index is -0.732. The summed E-state index contributed by atoms with van der Waals surface area (Å²) in [5.41, 5.74) is 0.735. The fourth-order valence-electron chi connectivity index (χ4n) is 5.63. The molecule has 0 saturated heterocycles. The number of hydrogen-bond donors (Lipinski definition) is 1. The van der Waals surface area contributed by atoms with Crippen LogP contribution >= 0.6 is 0 Å². The second kappa shape index (κ2) is 6.47. The Labute approximate surface area is 149 Å². The molecule has 5 rings (SSSR count). The molecule has 0 spiro atoms. The van der Waals surface area contributed by atoms with Crippen LogP contribution in [-0.2, 0) is 20.9 Å². The van der Waals surface area contributed by atoms with Crippen LogP contribution in [0.15, 0.2) is 30.3 Å². The molecular weight excluding hydrogens is 314 g/mol. The van der Waals surface area contributed by atoms with Crippen molar-refractivity contribution in [2.24, 2.45) is 23.2 Å². The summed E-state index contributed by atoms with van der Waals surface area (Å²) in [6.07, 6.45) is 6.05. The van der Waals surface area contributed by atoms with Crippen molar-refractivity contribution in [2.75, 3.05) is 0 Å². The molecular formula is C21H27NO3. The third kappa shape index (κ3) is 3.31. The number of nitrogens with one attached hydrogen (secondary N) is 1. The maximum Gasteiger partial charge on any atom is 0.312 e. The molecule has 4 aliphatic carbocycles. The molecule has 1 amide bonds. The summed E-state index contributed by atoms with van der Waals surface area (Å²) >= 11 is 0. The molecule has 25 heavy (non-hydrogen) atoms.